The topological polar surface area (TPSA) is 84.5 Å². The lowest BCUT2D eigenvalue weighted by molar-refractivity contribution is -0.117. The highest BCUT2D eigenvalue weighted by atomic mass is 16.6. The first-order valence-electron chi connectivity index (χ1n) is 7.09. The van der Waals surface area contributed by atoms with Crippen molar-refractivity contribution in [1.29, 1.82) is 5.26 Å². The van der Waals surface area contributed by atoms with Gasteiger partial charge in [0.1, 0.15) is 30.6 Å². The SMILES string of the molecule is N#C/C(=C\c1ccco1)C(=O)NCc1cccc2c1OCCO2. The molecule has 0 bridgehead atoms. The van der Waals surface area contributed by atoms with E-state index in [0.717, 1.165) is 5.56 Å². The number of rotatable bonds is 4. The first-order valence-corrected chi connectivity index (χ1v) is 7.09. The van der Waals surface area contributed by atoms with Crippen molar-refractivity contribution in [2.45, 2.75) is 6.54 Å². The predicted molar refractivity (Wildman–Crippen MR) is 81.6 cm³/mol. The number of benzene rings is 1. The monoisotopic (exact) mass is 310 g/mol. The molecule has 2 aromatic rings. The van der Waals surface area contributed by atoms with E-state index in [4.69, 9.17) is 19.2 Å². The van der Waals surface area contributed by atoms with Gasteiger partial charge in [-0.2, -0.15) is 5.26 Å². The second-order valence-electron chi connectivity index (χ2n) is 4.81. The van der Waals surface area contributed by atoms with Gasteiger partial charge in [0.15, 0.2) is 11.5 Å². The normalized spacial score (nSPS) is 13.3. The zero-order valence-electron chi connectivity index (χ0n) is 12.2. The van der Waals surface area contributed by atoms with Gasteiger partial charge >= 0.3 is 0 Å². The molecule has 1 aliphatic heterocycles. The fraction of sp³-hybridized carbons (Fsp3) is 0.176. The maximum absolute atomic E-state index is 12.1. The third kappa shape index (κ3) is 3.35. The van der Waals surface area contributed by atoms with E-state index in [2.05, 4.69) is 5.32 Å². The summed E-state index contributed by atoms with van der Waals surface area (Å²) in [4.78, 5) is 12.1. The zero-order valence-corrected chi connectivity index (χ0v) is 12.2. The number of nitrogens with one attached hydrogen (secondary N) is 1. The van der Waals surface area contributed by atoms with E-state index in [1.165, 1.54) is 12.3 Å². The van der Waals surface area contributed by atoms with Crippen LogP contribution in [0.15, 0.2) is 46.6 Å². The number of nitriles is 1. The van der Waals surface area contributed by atoms with Gasteiger partial charge in [-0.25, -0.2) is 0 Å². The number of carbonyl (C=O) groups is 1. The molecule has 0 fully saturated rings. The number of hydrogen-bond donors (Lipinski definition) is 1. The predicted octanol–water partition coefficient (Wildman–Crippen LogP) is 2.27. The molecule has 6 heteroatoms. The molecule has 0 atom stereocenters. The Hall–Kier alpha value is -3.20. The molecule has 23 heavy (non-hydrogen) atoms. The van der Waals surface area contributed by atoms with Gasteiger partial charge in [-0.3, -0.25) is 4.79 Å². The van der Waals surface area contributed by atoms with E-state index in [0.29, 0.717) is 30.5 Å². The number of hydrogen-bond acceptors (Lipinski definition) is 5. The van der Waals surface area contributed by atoms with E-state index < -0.39 is 5.91 Å². The summed E-state index contributed by atoms with van der Waals surface area (Å²) < 4.78 is 16.2. The van der Waals surface area contributed by atoms with E-state index in [-0.39, 0.29) is 12.1 Å². The Bertz CT molecular complexity index is 772. The number of ether oxygens (including phenoxy) is 2. The largest absolute Gasteiger partial charge is 0.486 e. The molecule has 6 nitrogen and oxygen atoms in total. The van der Waals surface area contributed by atoms with Gasteiger partial charge in [-0.15, -0.1) is 0 Å². The van der Waals surface area contributed by atoms with Crippen molar-refractivity contribution < 1.29 is 18.7 Å². The first-order chi connectivity index (χ1) is 11.3. The maximum Gasteiger partial charge on any atom is 0.262 e. The Kier molecular flexibility index (Phi) is 4.29. The summed E-state index contributed by atoms with van der Waals surface area (Å²) in [6.45, 7) is 1.22. The molecule has 116 valence electrons. The molecule has 0 saturated carbocycles. The van der Waals surface area contributed by atoms with E-state index >= 15 is 0 Å². The molecule has 0 unspecified atom stereocenters. The molecule has 0 aliphatic carbocycles. The summed E-state index contributed by atoms with van der Waals surface area (Å²) >= 11 is 0. The van der Waals surface area contributed by atoms with Crippen LogP contribution in [0.5, 0.6) is 11.5 Å². The molecule has 1 amide bonds. The van der Waals surface area contributed by atoms with Crippen molar-refractivity contribution in [3.8, 4) is 17.6 Å². The minimum Gasteiger partial charge on any atom is -0.486 e. The molecule has 0 spiro atoms. The van der Waals surface area contributed by atoms with Crippen LogP contribution in [0.25, 0.3) is 6.08 Å². The van der Waals surface area contributed by atoms with Crippen molar-refractivity contribution in [3.63, 3.8) is 0 Å². The van der Waals surface area contributed by atoms with E-state index in [9.17, 15) is 4.79 Å². The number of nitrogens with zero attached hydrogens (tertiary/aromatic N) is 1. The fourth-order valence-corrected chi connectivity index (χ4v) is 2.21. The van der Waals surface area contributed by atoms with Crippen molar-refractivity contribution in [2.24, 2.45) is 0 Å². The standard InChI is InChI=1S/C17H14N2O4/c18-10-13(9-14-4-2-6-21-14)17(20)19-11-12-3-1-5-15-16(12)23-8-7-22-15/h1-6,9H,7-8,11H2,(H,19,20)/b13-9+. The van der Waals surface area contributed by atoms with Gasteiger partial charge in [0, 0.05) is 18.2 Å². The average molecular weight is 310 g/mol. The lowest BCUT2D eigenvalue weighted by atomic mass is 10.1. The molecule has 2 heterocycles. The quantitative estimate of drug-likeness (QED) is 0.692. The van der Waals surface area contributed by atoms with Crippen LogP contribution in [0.1, 0.15) is 11.3 Å². The van der Waals surface area contributed by atoms with Crippen molar-refractivity contribution >= 4 is 12.0 Å². The van der Waals surface area contributed by atoms with Gasteiger partial charge in [0.25, 0.3) is 5.91 Å². The second kappa shape index (κ2) is 6.71. The smallest absolute Gasteiger partial charge is 0.262 e. The Morgan fingerprint density at radius 1 is 1.26 bits per heavy atom. The Morgan fingerprint density at radius 3 is 2.91 bits per heavy atom. The summed E-state index contributed by atoms with van der Waals surface area (Å²) in [5.41, 5.74) is 0.771. The van der Waals surface area contributed by atoms with Gasteiger partial charge in [0.2, 0.25) is 0 Å². The van der Waals surface area contributed by atoms with Gasteiger partial charge in [-0.05, 0) is 18.2 Å². The summed E-state index contributed by atoms with van der Waals surface area (Å²) in [6.07, 6.45) is 2.88. The summed E-state index contributed by atoms with van der Waals surface area (Å²) in [7, 11) is 0. The summed E-state index contributed by atoms with van der Waals surface area (Å²) in [5, 5.41) is 11.8. The van der Waals surface area contributed by atoms with Crippen LogP contribution in [-0.2, 0) is 11.3 Å². The number of para-hydroxylation sites is 1. The summed E-state index contributed by atoms with van der Waals surface area (Å²) in [5.74, 6) is 1.27. The minimum absolute atomic E-state index is 0.0260. The lowest BCUT2D eigenvalue weighted by Crippen LogP contribution is -2.25. The third-order valence-electron chi connectivity index (χ3n) is 3.28. The zero-order chi connectivity index (χ0) is 16.1. The first kappa shape index (κ1) is 14.7. The number of amides is 1. The van der Waals surface area contributed by atoms with Crippen LogP contribution in [0.2, 0.25) is 0 Å². The van der Waals surface area contributed by atoms with Crippen LogP contribution < -0.4 is 14.8 Å². The lowest BCUT2D eigenvalue weighted by Gasteiger charge is -2.21. The number of furan rings is 1. The molecule has 1 aliphatic rings. The third-order valence-corrected chi connectivity index (χ3v) is 3.28. The molecule has 1 aromatic carbocycles. The van der Waals surface area contributed by atoms with Crippen LogP contribution >= 0.6 is 0 Å². The van der Waals surface area contributed by atoms with Crippen LogP contribution in [-0.4, -0.2) is 19.1 Å². The number of carbonyl (C=O) groups excluding carboxylic acids is 1. The molecule has 0 saturated heterocycles. The van der Waals surface area contributed by atoms with E-state index in [1.54, 1.807) is 12.1 Å². The van der Waals surface area contributed by atoms with Crippen molar-refractivity contribution in [2.75, 3.05) is 13.2 Å². The minimum atomic E-state index is -0.474. The molecular formula is C17H14N2O4. The highest BCUT2D eigenvalue weighted by Crippen LogP contribution is 2.33. The van der Waals surface area contributed by atoms with Crippen LogP contribution in [0.3, 0.4) is 0 Å². The van der Waals surface area contributed by atoms with Gasteiger partial charge in [-0.1, -0.05) is 12.1 Å². The van der Waals surface area contributed by atoms with E-state index in [1.807, 2.05) is 24.3 Å². The molecule has 0 radical (unpaired) electrons. The molecule has 1 N–H and O–H groups in total. The van der Waals surface area contributed by atoms with Crippen LogP contribution in [0.4, 0.5) is 0 Å². The number of fused-ring (bicyclic) bond motifs is 1. The Balaban J connectivity index is 1.71. The average Bonchev–Trinajstić information content (AvgIpc) is 3.10. The maximum atomic E-state index is 12.1. The van der Waals surface area contributed by atoms with Crippen molar-refractivity contribution in [1.82, 2.24) is 5.32 Å². The highest BCUT2D eigenvalue weighted by Gasteiger charge is 2.17. The fourth-order valence-electron chi connectivity index (χ4n) is 2.21. The Morgan fingerprint density at radius 2 is 2.13 bits per heavy atom. The molecular weight excluding hydrogens is 296 g/mol. The van der Waals surface area contributed by atoms with Crippen LogP contribution in [0, 0.1) is 11.3 Å². The second-order valence-corrected chi connectivity index (χ2v) is 4.81. The Labute approximate surface area is 132 Å². The molecule has 1 aromatic heterocycles. The molecule has 3 rings (SSSR count). The van der Waals surface area contributed by atoms with Gasteiger partial charge < -0.3 is 19.2 Å². The summed E-state index contributed by atoms with van der Waals surface area (Å²) in [6, 6.07) is 10.7. The van der Waals surface area contributed by atoms with Gasteiger partial charge in [0.05, 0.1) is 6.26 Å². The van der Waals surface area contributed by atoms with Crippen molar-refractivity contribution in [3.05, 3.63) is 53.5 Å². The highest BCUT2D eigenvalue weighted by molar-refractivity contribution is 6.01.